The molecule has 0 saturated carbocycles. The number of aliphatic hydroxyl groups excluding tert-OH is 2. The van der Waals surface area contributed by atoms with Crippen molar-refractivity contribution < 1.29 is 24.4 Å². The molecular formula is C72H146O5. The topological polar surface area (TPSA) is 68.2 Å². The van der Waals surface area contributed by atoms with Gasteiger partial charge in [0, 0.05) is 0 Å². The van der Waals surface area contributed by atoms with Crippen molar-refractivity contribution in [2.24, 2.45) is 0 Å². The first-order valence-corrected chi connectivity index (χ1v) is 36.4. The first-order valence-electron chi connectivity index (χ1n) is 36.4. The number of unbranched alkanes of at least 4 members (excludes halogenated alkanes) is 60. The minimum atomic E-state index is -0.354. The van der Waals surface area contributed by atoms with Gasteiger partial charge >= 0.3 is 0 Å². The second kappa shape index (κ2) is 71.9. The number of aliphatic hydroxyl groups is 2. The van der Waals surface area contributed by atoms with E-state index in [1.807, 2.05) is 0 Å². The molecule has 0 aliphatic rings. The second-order valence-corrected chi connectivity index (χ2v) is 25.0. The fraction of sp³-hybridized carbons (Fsp3) is 1.00. The van der Waals surface area contributed by atoms with Crippen LogP contribution in [-0.4, -0.2) is 49.2 Å². The molecule has 0 aromatic carbocycles. The van der Waals surface area contributed by atoms with Crippen LogP contribution in [0.5, 0.6) is 0 Å². The third kappa shape index (κ3) is 68.2. The summed E-state index contributed by atoms with van der Waals surface area (Å²) >= 11 is 0. The van der Waals surface area contributed by atoms with Gasteiger partial charge in [0.15, 0.2) is 12.6 Å². The van der Waals surface area contributed by atoms with Gasteiger partial charge in [-0.1, -0.05) is 399 Å². The largest absolute Gasteiger partial charge is 0.394 e. The summed E-state index contributed by atoms with van der Waals surface area (Å²) in [6.07, 6.45) is 88.9. The molecule has 0 aromatic rings. The fourth-order valence-corrected chi connectivity index (χ4v) is 11.9. The van der Waals surface area contributed by atoms with Crippen LogP contribution in [0.3, 0.4) is 0 Å². The van der Waals surface area contributed by atoms with Gasteiger partial charge < -0.3 is 24.4 Å². The number of hydrogen-bond donors (Lipinski definition) is 2. The maximum Gasteiger partial charge on any atom is 0.160 e. The highest BCUT2D eigenvalue weighted by molar-refractivity contribution is 4.58. The molecule has 2 unspecified atom stereocenters. The lowest BCUT2D eigenvalue weighted by molar-refractivity contribution is -0.252. The van der Waals surface area contributed by atoms with Gasteiger partial charge in [0.25, 0.3) is 0 Å². The molecule has 2 N–H and O–H groups in total. The average molecular weight is 1090 g/mol. The Balaban J connectivity index is 3.60. The molecule has 0 heterocycles. The Bertz CT molecular complexity index is 916. The maximum atomic E-state index is 9.46. The lowest BCUT2D eigenvalue weighted by Crippen LogP contribution is -2.28. The molecular weight excluding hydrogens is 945 g/mol. The van der Waals surface area contributed by atoms with Crippen LogP contribution < -0.4 is 0 Å². The van der Waals surface area contributed by atoms with Crippen LogP contribution in [0, 0.1) is 0 Å². The molecule has 0 aromatic heterocycles. The molecule has 0 fully saturated rings. The van der Waals surface area contributed by atoms with Gasteiger partial charge in [-0.25, -0.2) is 0 Å². The summed E-state index contributed by atoms with van der Waals surface area (Å²) in [5.41, 5.74) is 0. The normalized spacial score (nSPS) is 12.6. The summed E-state index contributed by atoms with van der Waals surface area (Å²) in [6.45, 7) is 5.19. The molecule has 5 heteroatoms. The SMILES string of the molecule is CCCCCCCCCCCCCCCCCCCCCCCCCCCCCCCCCC(OCCO)OC(CCCCCCCCCCCCCCCCCCCCCCCCCCCCCCCCC)OCCO. The third-order valence-corrected chi connectivity index (χ3v) is 17.2. The lowest BCUT2D eigenvalue weighted by Gasteiger charge is -2.25. The van der Waals surface area contributed by atoms with E-state index in [2.05, 4.69) is 13.8 Å². The molecule has 77 heavy (non-hydrogen) atoms. The molecule has 0 amide bonds. The molecule has 0 aliphatic carbocycles. The van der Waals surface area contributed by atoms with Gasteiger partial charge in [0.1, 0.15) is 0 Å². The van der Waals surface area contributed by atoms with Crippen LogP contribution in [0.2, 0.25) is 0 Å². The Morgan fingerprint density at radius 2 is 0.325 bits per heavy atom. The van der Waals surface area contributed by atoms with Crippen molar-refractivity contribution in [2.75, 3.05) is 26.4 Å². The zero-order chi connectivity index (χ0) is 55.4. The van der Waals surface area contributed by atoms with Gasteiger partial charge in [-0.3, -0.25) is 0 Å². The quantitative estimate of drug-likeness (QED) is 0.0469. The molecule has 0 aliphatic heterocycles. The molecule has 464 valence electrons. The Labute approximate surface area is 486 Å². The van der Waals surface area contributed by atoms with E-state index in [4.69, 9.17) is 14.2 Å². The Morgan fingerprint density at radius 1 is 0.195 bits per heavy atom. The van der Waals surface area contributed by atoms with E-state index in [1.54, 1.807) is 0 Å². The summed E-state index contributed by atoms with van der Waals surface area (Å²) in [5, 5.41) is 18.9. The van der Waals surface area contributed by atoms with Gasteiger partial charge in [-0.15, -0.1) is 0 Å². The average Bonchev–Trinajstić information content (AvgIpc) is 3.44. The zero-order valence-corrected chi connectivity index (χ0v) is 53.4. The van der Waals surface area contributed by atoms with Crippen LogP contribution >= 0.6 is 0 Å². The predicted octanol–water partition coefficient (Wildman–Crippen LogP) is 24.7. The van der Waals surface area contributed by atoms with Gasteiger partial charge in [-0.05, 0) is 25.7 Å². The van der Waals surface area contributed by atoms with Crippen molar-refractivity contribution in [1.82, 2.24) is 0 Å². The first-order chi connectivity index (χ1) is 38.3. The van der Waals surface area contributed by atoms with Crippen LogP contribution in [-0.2, 0) is 14.2 Å². The van der Waals surface area contributed by atoms with E-state index in [0.29, 0.717) is 0 Å². The summed E-state index contributed by atoms with van der Waals surface area (Å²) in [4.78, 5) is 0. The summed E-state index contributed by atoms with van der Waals surface area (Å²) in [6, 6.07) is 0. The van der Waals surface area contributed by atoms with Crippen molar-refractivity contribution in [3.8, 4) is 0 Å². The van der Waals surface area contributed by atoms with Crippen LogP contribution in [0.4, 0.5) is 0 Å². The Hall–Kier alpha value is -0.200. The molecule has 0 spiro atoms. The van der Waals surface area contributed by atoms with Crippen molar-refractivity contribution in [3.63, 3.8) is 0 Å². The predicted molar refractivity (Wildman–Crippen MR) is 342 cm³/mol. The van der Waals surface area contributed by atoms with Crippen LogP contribution in [0.15, 0.2) is 0 Å². The smallest absolute Gasteiger partial charge is 0.160 e. The first kappa shape index (κ1) is 76.8. The van der Waals surface area contributed by atoms with E-state index < -0.39 is 0 Å². The van der Waals surface area contributed by atoms with Crippen molar-refractivity contribution in [1.29, 1.82) is 0 Å². The maximum absolute atomic E-state index is 9.46. The molecule has 5 nitrogen and oxygen atoms in total. The van der Waals surface area contributed by atoms with E-state index >= 15 is 0 Å². The van der Waals surface area contributed by atoms with E-state index in [0.717, 1.165) is 25.7 Å². The minimum Gasteiger partial charge on any atom is -0.394 e. The van der Waals surface area contributed by atoms with Crippen molar-refractivity contribution >= 4 is 0 Å². The number of hydrogen-bond acceptors (Lipinski definition) is 5. The molecule has 0 saturated heterocycles. The Morgan fingerprint density at radius 3 is 0.455 bits per heavy atom. The molecule has 0 radical (unpaired) electrons. The lowest BCUT2D eigenvalue weighted by atomic mass is 10.0. The van der Waals surface area contributed by atoms with Crippen molar-refractivity contribution in [3.05, 3.63) is 0 Å². The van der Waals surface area contributed by atoms with Gasteiger partial charge in [0.05, 0.1) is 26.4 Å². The van der Waals surface area contributed by atoms with Gasteiger partial charge in [0.2, 0.25) is 0 Å². The second-order valence-electron chi connectivity index (χ2n) is 25.0. The third-order valence-electron chi connectivity index (χ3n) is 17.2. The van der Waals surface area contributed by atoms with E-state index in [9.17, 15) is 10.2 Å². The summed E-state index contributed by atoms with van der Waals surface area (Å²) < 4.78 is 18.2. The highest BCUT2D eigenvalue weighted by Crippen LogP contribution is 2.22. The van der Waals surface area contributed by atoms with Gasteiger partial charge in [-0.2, -0.15) is 0 Å². The van der Waals surface area contributed by atoms with Crippen molar-refractivity contribution in [2.45, 2.75) is 437 Å². The highest BCUT2D eigenvalue weighted by Gasteiger charge is 2.18. The van der Waals surface area contributed by atoms with Crippen LogP contribution in [0.25, 0.3) is 0 Å². The van der Waals surface area contributed by atoms with E-state index in [-0.39, 0.29) is 39.0 Å². The summed E-state index contributed by atoms with van der Waals surface area (Å²) in [7, 11) is 0. The zero-order valence-electron chi connectivity index (χ0n) is 53.4. The number of rotatable bonds is 72. The van der Waals surface area contributed by atoms with E-state index in [1.165, 1.54) is 385 Å². The molecule has 2 atom stereocenters. The standard InChI is InChI=1S/C72H146O5/c1-3-5-7-9-11-13-15-17-19-21-23-25-27-29-31-33-35-37-39-41-43-45-47-49-51-53-55-57-59-61-63-65-71(75-69-67-73)77-72(76-70-68-74)66-64-62-60-58-56-54-52-50-48-46-44-42-40-38-36-34-32-30-28-26-24-22-20-18-16-14-12-10-8-6-4-2/h71-74H,3-70H2,1-2H3. The molecule has 0 bridgehead atoms. The molecule has 0 rings (SSSR count). The fourth-order valence-electron chi connectivity index (χ4n) is 11.9. The Kier molecular flexibility index (Phi) is 71.7. The minimum absolute atomic E-state index is 0.00131. The van der Waals surface area contributed by atoms with Crippen LogP contribution in [0.1, 0.15) is 425 Å². The highest BCUT2D eigenvalue weighted by atomic mass is 16.8. The number of ether oxygens (including phenoxy) is 3. The monoisotopic (exact) mass is 1090 g/mol. The summed E-state index contributed by atoms with van der Waals surface area (Å²) in [5.74, 6) is 0.